The molecule has 1 aromatic heterocycles. The van der Waals surface area contributed by atoms with Gasteiger partial charge in [0.1, 0.15) is 16.8 Å². The molecular weight excluding hydrogens is 726 g/mol. The topological polar surface area (TPSA) is 235 Å². The average Bonchev–Trinajstić information content (AvgIpc) is 3.21. The molecule has 1 saturated heterocycles. The SMILES string of the molecule is O=C(NC(CCN1CCC(c2ccccc2)(c2ccccc2)CC1)c1ccc([N+](=O)[O-])c(-c2cc3c([N+](=O)[O-])c(c2[N+](=O)[O-])C3=O)c1[N+](=O)[O-])c1ccccn1. The summed E-state index contributed by atoms with van der Waals surface area (Å²) in [6.45, 7) is 1.55. The van der Waals surface area contributed by atoms with Gasteiger partial charge < -0.3 is 10.2 Å². The molecule has 1 atom stereocenters. The Labute approximate surface area is 317 Å². The molecule has 8 rings (SSSR count). The highest BCUT2D eigenvalue weighted by atomic mass is 16.6. The summed E-state index contributed by atoms with van der Waals surface area (Å²) in [5.41, 5.74) is -5.02. The lowest BCUT2D eigenvalue weighted by Gasteiger charge is -2.43. The number of ketones is 1. The van der Waals surface area contributed by atoms with Gasteiger partial charge in [0.2, 0.25) is 5.78 Å². The molecule has 2 heterocycles. The van der Waals surface area contributed by atoms with Gasteiger partial charge in [0.15, 0.2) is 5.56 Å². The lowest BCUT2D eigenvalue weighted by Crippen LogP contribution is -2.44. The third-order valence-corrected chi connectivity index (χ3v) is 10.6. The Bertz CT molecular complexity index is 2380. The van der Waals surface area contributed by atoms with Crippen LogP contribution in [0.2, 0.25) is 0 Å². The molecule has 0 spiro atoms. The van der Waals surface area contributed by atoms with E-state index in [1.165, 1.54) is 23.4 Å². The maximum Gasteiger partial charge on any atom is 0.298 e. The molecule has 2 aliphatic carbocycles. The average molecular weight is 758 g/mol. The minimum absolute atomic E-state index is 0.0102. The van der Waals surface area contributed by atoms with Crippen molar-refractivity contribution < 1.29 is 29.3 Å². The Balaban J connectivity index is 1.29. The van der Waals surface area contributed by atoms with E-state index >= 15 is 0 Å². The smallest absolute Gasteiger partial charge is 0.298 e. The second-order valence-electron chi connectivity index (χ2n) is 13.5. The van der Waals surface area contributed by atoms with Gasteiger partial charge in [-0.1, -0.05) is 66.7 Å². The van der Waals surface area contributed by atoms with Gasteiger partial charge in [-0.25, -0.2) is 0 Å². The van der Waals surface area contributed by atoms with Gasteiger partial charge in [-0.2, -0.15) is 0 Å². The van der Waals surface area contributed by atoms with Crippen molar-refractivity contribution in [2.45, 2.75) is 30.7 Å². The van der Waals surface area contributed by atoms with Gasteiger partial charge in [0.25, 0.3) is 28.7 Å². The number of hydrogen-bond acceptors (Lipinski definition) is 12. The Kier molecular flexibility index (Phi) is 9.84. The van der Waals surface area contributed by atoms with Crippen LogP contribution in [0.4, 0.5) is 22.7 Å². The molecule has 3 aliphatic rings. The second-order valence-corrected chi connectivity index (χ2v) is 13.5. The molecule has 282 valence electrons. The Hall–Kier alpha value is -7.27. The van der Waals surface area contributed by atoms with Crippen LogP contribution in [-0.4, -0.2) is 60.9 Å². The van der Waals surface area contributed by atoms with Gasteiger partial charge in [-0.3, -0.25) is 55.0 Å². The molecule has 1 unspecified atom stereocenters. The summed E-state index contributed by atoms with van der Waals surface area (Å²) >= 11 is 0. The first-order valence-corrected chi connectivity index (χ1v) is 17.5. The number of piperidine rings is 1. The van der Waals surface area contributed by atoms with E-state index in [-0.39, 0.29) is 23.1 Å². The highest BCUT2D eigenvalue weighted by Crippen LogP contribution is 2.53. The highest BCUT2D eigenvalue weighted by Gasteiger charge is 2.50. The molecule has 0 saturated carbocycles. The van der Waals surface area contributed by atoms with Gasteiger partial charge in [0.05, 0.1) is 36.9 Å². The van der Waals surface area contributed by atoms with E-state index in [0.717, 1.165) is 25.0 Å². The summed E-state index contributed by atoms with van der Waals surface area (Å²) in [4.78, 5) is 77.9. The summed E-state index contributed by atoms with van der Waals surface area (Å²) in [6, 6.07) is 26.5. The predicted molar refractivity (Wildman–Crippen MR) is 200 cm³/mol. The quantitative estimate of drug-likeness (QED) is 0.0939. The lowest BCUT2D eigenvalue weighted by atomic mass is 9.68. The third kappa shape index (κ3) is 6.49. The number of likely N-dealkylation sites (tertiary alicyclic amines) is 1. The monoisotopic (exact) mass is 757 g/mol. The number of pyridine rings is 1. The first kappa shape index (κ1) is 37.1. The second kappa shape index (κ2) is 14.9. The van der Waals surface area contributed by atoms with Crippen molar-refractivity contribution in [3.05, 3.63) is 177 Å². The Morgan fingerprint density at radius 1 is 0.714 bits per heavy atom. The first-order chi connectivity index (χ1) is 26.9. The van der Waals surface area contributed by atoms with Crippen LogP contribution in [0.1, 0.15) is 68.4 Å². The van der Waals surface area contributed by atoms with Crippen molar-refractivity contribution in [1.82, 2.24) is 15.2 Å². The highest BCUT2D eigenvalue weighted by molar-refractivity contribution is 6.28. The molecule has 17 heteroatoms. The van der Waals surface area contributed by atoms with Crippen LogP contribution < -0.4 is 5.32 Å². The van der Waals surface area contributed by atoms with E-state index in [2.05, 4.69) is 39.5 Å². The van der Waals surface area contributed by atoms with Gasteiger partial charge in [0, 0.05) is 24.2 Å². The van der Waals surface area contributed by atoms with Crippen LogP contribution in [0.5, 0.6) is 0 Å². The molecule has 2 bridgehead atoms. The van der Waals surface area contributed by atoms with Gasteiger partial charge >= 0.3 is 0 Å². The maximum absolute atomic E-state index is 13.6. The van der Waals surface area contributed by atoms with Crippen molar-refractivity contribution in [1.29, 1.82) is 0 Å². The van der Waals surface area contributed by atoms with Crippen molar-refractivity contribution >= 4 is 34.4 Å². The number of nitrogens with one attached hydrogen (secondary N) is 1. The molecule has 1 amide bonds. The van der Waals surface area contributed by atoms with Gasteiger partial charge in [-0.15, -0.1) is 0 Å². The third-order valence-electron chi connectivity index (χ3n) is 10.6. The number of aromatic nitrogens is 1. The molecular formula is C39H31N7O10. The van der Waals surface area contributed by atoms with Crippen molar-refractivity contribution in [3.8, 4) is 11.1 Å². The molecule has 1 fully saturated rings. The summed E-state index contributed by atoms with van der Waals surface area (Å²) in [5.74, 6) is -1.73. The lowest BCUT2D eigenvalue weighted by molar-refractivity contribution is -0.397. The largest absolute Gasteiger partial charge is 0.344 e. The molecule has 4 aromatic carbocycles. The molecule has 5 aromatic rings. The standard InChI is InChI=1S/C39H31N7O10/c47-37-28-23-27(35(45(53)54)33(37)36(28)46(55)56)32-31(43(49)50)15-14-26(34(32)44(51)52)29(41-38(48)30-13-7-8-19-40-30)16-20-42-21-17-39(18-22-42,24-9-3-1-4-10-24)25-11-5-2-6-12-25/h1-15,19,23,29H,16-18,20-22H2,(H,41,48). The summed E-state index contributed by atoms with van der Waals surface area (Å²) < 4.78 is 0. The summed E-state index contributed by atoms with van der Waals surface area (Å²) in [5, 5.41) is 52.3. The van der Waals surface area contributed by atoms with E-state index in [9.17, 15) is 50.0 Å². The van der Waals surface area contributed by atoms with Crippen LogP contribution in [0.25, 0.3) is 11.1 Å². The summed E-state index contributed by atoms with van der Waals surface area (Å²) in [7, 11) is 0. The fraction of sp³-hybridized carbons (Fsp3) is 0.205. The minimum atomic E-state index is -1.18. The molecule has 1 aliphatic heterocycles. The summed E-state index contributed by atoms with van der Waals surface area (Å²) in [6.07, 6.45) is 2.93. The van der Waals surface area contributed by atoms with E-state index < -0.39 is 82.4 Å². The normalized spacial score (nSPS) is 15.0. The zero-order valence-electron chi connectivity index (χ0n) is 29.4. The number of benzene rings is 4. The van der Waals surface area contributed by atoms with Crippen LogP contribution in [0, 0.1) is 40.5 Å². The number of rotatable bonds is 13. The van der Waals surface area contributed by atoms with E-state index in [0.29, 0.717) is 25.7 Å². The number of fused-ring (bicyclic) bond motifs is 2. The van der Waals surface area contributed by atoms with Crippen LogP contribution in [0.15, 0.2) is 103 Å². The fourth-order valence-electron chi connectivity index (χ4n) is 7.95. The number of nitrogens with zero attached hydrogens (tertiary/aromatic N) is 6. The number of carbonyl (C=O) groups is 2. The molecule has 1 N–H and O–H groups in total. The predicted octanol–water partition coefficient (Wildman–Crippen LogP) is 6.87. The Morgan fingerprint density at radius 3 is 1.82 bits per heavy atom. The minimum Gasteiger partial charge on any atom is -0.344 e. The number of amides is 1. The van der Waals surface area contributed by atoms with Crippen LogP contribution >= 0.6 is 0 Å². The number of carbonyl (C=O) groups excluding carboxylic acids is 2. The first-order valence-electron chi connectivity index (χ1n) is 17.5. The zero-order valence-corrected chi connectivity index (χ0v) is 29.4. The van der Waals surface area contributed by atoms with Gasteiger partial charge in [-0.05, 0) is 67.7 Å². The van der Waals surface area contributed by atoms with Crippen LogP contribution in [-0.2, 0) is 5.41 Å². The van der Waals surface area contributed by atoms with E-state index in [1.54, 1.807) is 12.1 Å². The van der Waals surface area contributed by atoms with Crippen molar-refractivity contribution in [2.24, 2.45) is 0 Å². The van der Waals surface area contributed by atoms with E-state index in [4.69, 9.17) is 0 Å². The molecule has 56 heavy (non-hydrogen) atoms. The molecule has 17 nitrogen and oxygen atoms in total. The number of nitro benzene ring substituents is 4. The maximum atomic E-state index is 13.6. The zero-order chi connectivity index (χ0) is 39.7. The number of nitro groups is 4. The van der Waals surface area contributed by atoms with Crippen molar-refractivity contribution in [2.75, 3.05) is 19.6 Å². The number of hydrogen-bond donors (Lipinski definition) is 1. The Morgan fingerprint density at radius 2 is 1.29 bits per heavy atom. The fourth-order valence-corrected chi connectivity index (χ4v) is 7.95. The van der Waals surface area contributed by atoms with E-state index in [1.807, 2.05) is 36.4 Å². The van der Waals surface area contributed by atoms with Crippen molar-refractivity contribution in [3.63, 3.8) is 0 Å². The van der Waals surface area contributed by atoms with Crippen LogP contribution in [0.3, 0.4) is 0 Å². The molecule has 0 radical (unpaired) electrons.